The lowest BCUT2D eigenvalue weighted by atomic mass is 9.89. The van der Waals surface area contributed by atoms with E-state index in [0.29, 0.717) is 39.6 Å². The van der Waals surface area contributed by atoms with Crippen LogP contribution in [0.15, 0.2) is 60.9 Å². The molecule has 1 fully saturated rings. The summed E-state index contributed by atoms with van der Waals surface area (Å²) < 4.78 is 0. The third kappa shape index (κ3) is 3.86. The lowest BCUT2D eigenvalue weighted by Crippen LogP contribution is -2.54. The Hall–Kier alpha value is -3.58. The summed E-state index contributed by atoms with van der Waals surface area (Å²) in [5, 5.41) is 0.435. The van der Waals surface area contributed by atoms with Crippen LogP contribution in [0.5, 0.6) is 0 Å². The number of piperidine rings is 1. The first-order chi connectivity index (χ1) is 16.5. The number of amides is 3. The van der Waals surface area contributed by atoms with Crippen molar-refractivity contribution in [1.29, 1.82) is 0 Å². The molecule has 3 aromatic rings. The van der Waals surface area contributed by atoms with E-state index in [2.05, 4.69) is 16.9 Å². The average Bonchev–Trinajstić information content (AvgIpc) is 3.10. The number of hydrogen-bond acceptors (Lipinski definition) is 5. The topological polar surface area (TPSA) is 83.5 Å². The fourth-order valence-corrected chi connectivity index (χ4v) is 5.03. The SMILES string of the molecule is CC1CCCN(C(=O)c2cc(Cl)ccc2-c2ncccn2)C1CN1C(=O)c2ccccc2C1=O. The molecule has 7 nitrogen and oxygen atoms in total. The predicted molar refractivity (Wildman–Crippen MR) is 128 cm³/mol. The molecule has 8 heteroatoms. The van der Waals surface area contributed by atoms with Crippen LogP contribution in [0.4, 0.5) is 0 Å². The summed E-state index contributed by atoms with van der Waals surface area (Å²) in [6.45, 7) is 2.73. The van der Waals surface area contributed by atoms with Gasteiger partial charge >= 0.3 is 0 Å². The zero-order valence-electron chi connectivity index (χ0n) is 18.6. The van der Waals surface area contributed by atoms with Crippen molar-refractivity contribution in [3.63, 3.8) is 0 Å². The number of halogens is 1. The van der Waals surface area contributed by atoms with Crippen molar-refractivity contribution in [1.82, 2.24) is 19.8 Å². The van der Waals surface area contributed by atoms with Gasteiger partial charge in [0.2, 0.25) is 0 Å². The minimum Gasteiger partial charge on any atom is -0.334 e. The van der Waals surface area contributed by atoms with E-state index in [-0.39, 0.29) is 36.2 Å². The van der Waals surface area contributed by atoms with Gasteiger partial charge in [0.05, 0.1) is 29.3 Å². The molecule has 0 bridgehead atoms. The van der Waals surface area contributed by atoms with E-state index in [1.54, 1.807) is 65.8 Å². The second-order valence-corrected chi connectivity index (χ2v) is 9.15. The van der Waals surface area contributed by atoms with Gasteiger partial charge in [-0.3, -0.25) is 19.3 Å². The van der Waals surface area contributed by atoms with E-state index >= 15 is 0 Å². The highest BCUT2D eigenvalue weighted by Gasteiger charge is 2.41. The average molecular weight is 475 g/mol. The van der Waals surface area contributed by atoms with Crippen molar-refractivity contribution in [2.24, 2.45) is 5.92 Å². The van der Waals surface area contributed by atoms with Gasteiger partial charge in [-0.25, -0.2) is 9.97 Å². The molecule has 2 unspecified atom stereocenters. The molecule has 3 amide bonds. The van der Waals surface area contributed by atoms with Crippen LogP contribution in [0.2, 0.25) is 5.02 Å². The smallest absolute Gasteiger partial charge is 0.261 e. The third-order valence-corrected chi connectivity index (χ3v) is 6.88. The van der Waals surface area contributed by atoms with Gasteiger partial charge in [0.1, 0.15) is 0 Å². The quantitative estimate of drug-likeness (QED) is 0.525. The molecule has 0 radical (unpaired) electrons. The first-order valence-corrected chi connectivity index (χ1v) is 11.7. The van der Waals surface area contributed by atoms with E-state index in [9.17, 15) is 14.4 Å². The molecule has 3 heterocycles. The highest BCUT2D eigenvalue weighted by atomic mass is 35.5. The van der Waals surface area contributed by atoms with Gasteiger partial charge in [-0.15, -0.1) is 0 Å². The molecule has 2 atom stereocenters. The molecule has 0 aliphatic carbocycles. The molecule has 0 spiro atoms. The van der Waals surface area contributed by atoms with Crippen LogP contribution < -0.4 is 0 Å². The first-order valence-electron chi connectivity index (χ1n) is 11.3. The summed E-state index contributed by atoms with van der Waals surface area (Å²) in [6.07, 6.45) is 4.99. The van der Waals surface area contributed by atoms with E-state index < -0.39 is 0 Å². The Morgan fingerprint density at radius 3 is 2.35 bits per heavy atom. The molecule has 2 aliphatic heterocycles. The number of aromatic nitrogens is 2. The summed E-state index contributed by atoms with van der Waals surface area (Å²) in [5.41, 5.74) is 1.81. The molecule has 1 saturated heterocycles. The summed E-state index contributed by atoms with van der Waals surface area (Å²) >= 11 is 6.27. The van der Waals surface area contributed by atoms with Crippen molar-refractivity contribution >= 4 is 29.3 Å². The molecular formula is C26H23ClN4O3. The molecule has 34 heavy (non-hydrogen) atoms. The number of benzene rings is 2. The Labute approximate surface area is 202 Å². The van der Waals surface area contributed by atoms with E-state index in [1.807, 2.05) is 0 Å². The number of carbonyl (C=O) groups is 3. The molecule has 2 aliphatic rings. The van der Waals surface area contributed by atoms with Gasteiger partial charge < -0.3 is 4.90 Å². The molecule has 0 saturated carbocycles. The molecule has 0 N–H and O–H groups in total. The molecule has 172 valence electrons. The first kappa shape index (κ1) is 22.2. The maximum absolute atomic E-state index is 13.9. The van der Waals surface area contributed by atoms with E-state index in [0.717, 1.165) is 12.8 Å². The molecular weight excluding hydrogens is 452 g/mol. The Morgan fingerprint density at radius 2 is 1.68 bits per heavy atom. The zero-order valence-corrected chi connectivity index (χ0v) is 19.4. The normalized spacial score (nSPS) is 19.9. The third-order valence-electron chi connectivity index (χ3n) is 6.64. The Kier molecular flexibility index (Phi) is 5.87. The maximum Gasteiger partial charge on any atom is 0.261 e. The monoisotopic (exact) mass is 474 g/mol. The summed E-state index contributed by atoms with van der Waals surface area (Å²) in [7, 11) is 0. The highest BCUT2D eigenvalue weighted by Crippen LogP contribution is 2.32. The van der Waals surface area contributed by atoms with Gasteiger partial charge in [0, 0.05) is 29.5 Å². The minimum absolute atomic E-state index is 0.109. The fourth-order valence-electron chi connectivity index (χ4n) is 4.85. The van der Waals surface area contributed by atoms with Crippen molar-refractivity contribution < 1.29 is 14.4 Å². The molecule has 1 aromatic heterocycles. The van der Waals surface area contributed by atoms with E-state index in [1.165, 1.54) is 4.90 Å². The predicted octanol–water partition coefficient (Wildman–Crippen LogP) is 4.33. The minimum atomic E-state index is -0.313. The zero-order chi connectivity index (χ0) is 23.8. The Balaban J connectivity index is 1.48. The maximum atomic E-state index is 13.9. The summed E-state index contributed by atoms with van der Waals surface area (Å²) in [5.74, 6) is -0.293. The van der Waals surface area contributed by atoms with Crippen LogP contribution >= 0.6 is 11.6 Å². The van der Waals surface area contributed by atoms with Crippen LogP contribution in [-0.2, 0) is 0 Å². The van der Waals surface area contributed by atoms with Crippen LogP contribution in [0.25, 0.3) is 11.4 Å². The summed E-state index contributed by atoms with van der Waals surface area (Å²) in [4.78, 5) is 51.5. The number of fused-ring (bicyclic) bond motifs is 1. The lowest BCUT2D eigenvalue weighted by Gasteiger charge is -2.41. The second-order valence-electron chi connectivity index (χ2n) is 8.71. The van der Waals surface area contributed by atoms with Crippen LogP contribution in [0.1, 0.15) is 50.8 Å². The Bertz CT molecular complexity index is 1250. The number of carbonyl (C=O) groups excluding carboxylic acids is 3. The second kappa shape index (κ2) is 8.99. The van der Waals surface area contributed by atoms with Gasteiger partial charge in [-0.2, -0.15) is 0 Å². The van der Waals surface area contributed by atoms with Gasteiger partial charge in [-0.05, 0) is 55.2 Å². The van der Waals surface area contributed by atoms with Crippen molar-refractivity contribution in [2.75, 3.05) is 13.1 Å². The van der Waals surface area contributed by atoms with Crippen molar-refractivity contribution in [3.05, 3.63) is 82.6 Å². The van der Waals surface area contributed by atoms with Gasteiger partial charge in [0.25, 0.3) is 17.7 Å². The molecule has 5 rings (SSSR count). The van der Waals surface area contributed by atoms with Crippen LogP contribution in [-0.4, -0.2) is 56.6 Å². The van der Waals surface area contributed by atoms with Crippen molar-refractivity contribution in [3.8, 4) is 11.4 Å². The fraction of sp³-hybridized carbons (Fsp3) is 0.269. The highest BCUT2D eigenvalue weighted by molar-refractivity contribution is 6.31. The van der Waals surface area contributed by atoms with Gasteiger partial charge in [0.15, 0.2) is 5.82 Å². The van der Waals surface area contributed by atoms with Crippen LogP contribution in [0, 0.1) is 5.92 Å². The van der Waals surface area contributed by atoms with Crippen LogP contribution in [0.3, 0.4) is 0 Å². The number of nitrogens with zero attached hydrogens (tertiary/aromatic N) is 4. The van der Waals surface area contributed by atoms with E-state index in [4.69, 9.17) is 11.6 Å². The summed E-state index contributed by atoms with van der Waals surface area (Å²) in [6, 6.07) is 13.3. The van der Waals surface area contributed by atoms with Gasteiger partial charge in [-0.1, -0.05) is 30.7 Å². The number of rotatable bonds is 4. The molecule has 2 aromatic carbocycles. The number of imide groups is 1. The standard InChI is InChI=1S/C26H23ClN4O3/c1-16-6-4-13-30(22(16)15-31-24(32)19-7-2-3-8-20(19)25(31)33)26(34)21-14-17(27)9-10-18(21)23-28-11-5-12-29-23/h2-3,5,7-12,14,16,22H,4,6,13,15H2,1H3. The number of likely N-dealkylation sites (tertiary alicyclic amines) is 1. The Morgan fingerprint density at radius 1 is 1.00 bits per heavy atom. The largest absolute Gasteiger partial charge is 0.334 e. The lowest BCUT2D eigenvalue weighted by molar-refractivity contribution is 0.0369. The number of hydrogen-bond donors (Lipinski definition) is 0. The van der Waals surface area contributed by atoms with Crippen molar-refractivity contribution in [2.45, 2.75) is 25.8 Å².